The van der Waals surface area contributed by atoms with E-state index in [1.54, 1.807) is 19.0 Å². The molecule has 0 aliphatic carbocycles. The number of imidazole rings is 1. The Morgan fingerprint density at radius 2 is 1.97 bits per heavy atom. The van der Waals surface area contributed by atoms with Crippen molar-refractivity contribution in [1.82, 2.24) is 29.7 Å². The zero-order valence-electron chi connectivity index (χ0n) is 17.4. The lowest BCUT2D eigenvalue weighted by molar-refractivity contribution is -0.798. The van der Waals surface area contributed by atoms with E-state index in [0.717, 1.165) is 17.2 Å². The number of amides is 1. The van der Waals surface area contributed by atoms with Crippen molar-refractivity contribution in [3.63, 3.8) is 0 Å². The molecule has 2 aromatic rings. The van der Waals surface area contributed by atoms with Gasteiger partial charge in [0.05, 0.1) is 6.33 Å². The van der Waals surface area contributed by atoms with Crippen LogP contribution in [0.15, 0.2) is 12.7 Å². The molecule has 18 nitrogen and oxygen atoms in total. The lowest BCUT2D eigenvalue weighted by Gasteiger charge is -2.23. The smallest absolute Gasteiger partial charge is 0.295 e. The summed E-state index contributed by atoms with van der Waals surface area (Å²) in [6.45, 7) is 0.591. The predicted octanol–water partition coefficient (Wildman–Crippen LogP) is -2.50. The van der Waals surface area contributed by atoms with Crippen LogP contribution in [0.3, 0.4) is 0 Å². The Morgan fingerprint density at radius 3 is 2.61 bits per heavy atom. The first-order valence-electron chi connectivity index (χ1n) is 9.41. The molecule has 2 aromatic heterocycles. The SMILES string of the molecule is CN(C)CCNC(=O)C(O)[C@H]1O[C@@H](n2cnc3c(N)ncnc32)[C@H](O[N+](=O)[O-])[C@@H]1O[N+](=O)[O-]. The molecule has 1 unspecified atom stereocenters. The molecule has 1 aliphatic rings. The molecular formula is C15H21N9O9. The van der Waals surface area contributed by atoms with Crippen LogP contribution in [0.2, 0.25) is 0 Å². The quantitative estimate of drug-likeness (QED) is 0.240. The van der Waals surface area contributed by atoms with E-state index in [9.17, 15) is 30.1 Å². The first kappa shape index (κ1) is 23.8. The molecule has 1 aliphatic heterocycles. The van der Waals surface area contributed by atoms with Crippen molar-refractivity contribution in [2.75, 3.05) is 32.9 Å². The molecule has 0 spiro atoms. The molecule has 180 valence electrons. The van der Waals surface area contributed by atoms with Crippen LogP contribution in [-0.4, -0.2) is 97.2 Å². The number of rotatable bonds is 10. The van der Waals surface area contributed by atoms with Crippen LogP contribution in [0.5, 0.6) is 0 Å². The maximum atomic E-state index is 12.4. The van der Waals surface area contributed by atoms with Gasteiger partial charge in [-0.25, -0.2) is 15.0 Å². The lowest BCUT2D eigenvalue weighted by Crippen LogP contribution is -2.50. The number of carbonyl (C=O) groups is 1. The number of aliphatic hydroxyl groups is 1. The molecule has 3 rings (SSSR count). The molecular weight excluding hydrogens is 450 g/mol. The zero-order chi connectivity index (χ0) is 24.3. The van der Waals surface area contributed by atoms with E-state index in [-0.39, 0.29) is 23.5 Å². The second-order valence-corrected chi connectivity index (χ2v) is 7.20. The van der Waals surface area contributed by atoms with Crippen LogP contribution in [0.1, 0.15) is 6.23 Å². The maximum absolute atomic E-state index is 12.4. The molecule has 0 saturated carbocycles. The summed E-state index contributed by atoms with van der Waals surface area (Å²) in [5.74, 6) is -0.931. The van der Waals surface area contributed by atoms with Gasteiger partial charge in [-0.2, -0.15) is 0 Å². The molecule has 5 atom stereocenters. The van der Waals surface area contributed by atoms with Gasteiger partial charge in [-0.15, -0.1) is 20.2 Å². The summed E-state index contributed by atoms with van der Waals surface area (Å²) in [5.41, 5.74) is 5.93. The van der Waals surface area contributed by atoms with Crippen molar-refractivity contribution in [1.29, 1.82) is 0 Å². The van der Waals surface area contributed by atoms with Gasteiger partial charge >= 0.3 is 0 Å². The number of fused-ring (bicyclic) bond motifs is 1. The largest absolute Gasteiger partial charge is 0.382 e. The van der Waals surface area contributed by atoms with Crippen LogP contribution >= 0.6 is 0 Å². The summed E-state index contributed by atoms with van der Waals surface area (Å²) in [4.78, 5) is 57.3. The molecule has 3 heterocycles. The summed E-state index contributed by atoms with van der Waals surface area (Å²) < 4.78 is 6.78. The number of nitrogens with zero attached hydrogens (tertiary/aromatic N) is 7. The molecule has 1 fully saturated rings. The molecule has 1 saturated heterocycles. The van der Waals surface area contributed by atoms with E-state index >= 15 is 0 Å². The van der Waals surface area contributed by atoms with Crippen molar-refractivity contribution >= 4 is 22.9 Å². The van der Waals surface area contributed by atoms with Gasteiger partial charge in [0.1, 0.15) is 17.9 Å². The standard InChI is InChI=1S/C15H21N9O9/c1-21(2)4-3-17-14(26)8(25)9-10(32-23(27)28)11(33-24(29)30)15(31-9)22-6-20-7-12(16)18-5-19-13(7)22/h5-6,8-11,15,25H,3-4H2,1-2H3,(H,17,26)(H2,16,18,19)/t8?,9-,10-,11-,15-/m1/s1. The maximum Gasteiger partial charge on any atom is 0.295 e. The van der Waals surface area contributed by atoms with E-state index in [1.807, 2.05) is 0 Å². The zero-order valence-corrected chi connectivity index (χ0v) is 17.4. The van der Waals surface area contributed by atoms with Gasteiger partial charge in [0, 0.05) is 13.1 Å². The third-order valence-corrected chi connectivity index (χ3v) is 4.74. The molecule has 1 amide bonds. The summed E-state index contributed by atoms with van der Waals surface area (Å²) in [6, 6.07) is 0. The minimum Gasteiger partial charge on any atom is -0.382 e. The number of nitrogens with one attached hydrogen (secondary N) is 1. The van der Waals surface area contributed by atoms with Gasteiger partial charge in [-0.3, -0.25) is 9.36 Å². The van der Waals surface area contributed by atoms with Gasteiger partial charge in [-0.05, 0) is 14.1 Å². The van der Waals surface area contributed by atoms with Crippen molar-refractivity contribution in [2.24, 2.45) is 0 Å². The summed E-state index contributed by atoms with van der Waals surface area (Å²) in [6.07, 6.45) is -6.62. The van der Waals surface area contributed by atoms with E-state index in [1.165, 1.54) is 0 Å². The second-order valence-electron chi connectivity index (χ2n) is 7.20. The fourth-order valence-corrected chi connectivity index (χ4v) is 3.29. The Balaban J connectivity index is 1.95. The monoisotopic (exact) mass is 471 g/mol. The van der Waals surface area contributed by atoms with E-state index in [4.69, 9.17) is 10.5 Å². The van der Waals surface area contributed by atoms with Gasteiger partial charge < -0.3 is 35.5 Å². The Labute approximate surface area is 184 Å². The van der Waals surface area contributed by atoms with Gasteiger partial charge in [0.15, 0.2) is 36.0 Å². The van der Waals surface area contributed by atoms with Gasteiger partial charge in [0.2, 0.25) is 0 Å². The number of nitrogens with two attached hydrogens (primary N) is 1. The molecule has 33 heavy (non-hydrogen) atoms. The Bertz CT molecular complexity index is 1030. The number of anilines is 1. The van der Waals surface area contributed by atoms with E-state index < -0.39 is 46.7 Å². The molecule has 18 heteroatoms. The van der Waals surface area contributed by atoms with Gasteiger partial charge in [0.25, 0.3) is 16.1 Å². The number of aliphatic hydroxyl groups excluding tert-OH is 1. The van der Waals surface area contributed by atoms with Crippen molar-refractivity contribution in [3.05, 3.63) is 32.9 Å². The number of nitrogen functional groups attached to an aromatic ring is 1. The highest BCUT2D eigenvalue weighted by Gasteiger charge is 2.54. The highest BCUT2D eigenvalue weighted by Crippen LogP contribution is 2.37. The van der Waals surface area contributed by atoms with Crippen molar-refractivity contribution in [2.45, 2.75) is 30.6 Å². The number of hydrogen-bond acceptors (Lipinski definition) is 14. The minimum absolute atomic E-state index is 0.00145. The second kappa shape index (κ2) is 9.71. The molecule has 0 bridgehead atoms. The number of likely N-dealkylation sites (N-methyl/N-ethyl adjacent to an activating group) is 1. The average molecular weight is 471 g/mol. The van der Waals surface area contributed by atoms with Gasteiger partial charge in [-0.1, -0.05) is 0 Å². The summed E-state index contributed by atoms with van der Waals surface area (Å²) in [5, 5.41) is 32.7. The number of hydrogen-bond donors (Lipinski definition) is 3. The van der Waals surface area contributed by atoms with Crippen LogP contribution in [0.25, 0.3) is 11.2 Å². The summed E-state index contributed by atoms with van der Waals surface area (Å²) >= 11 is 0. The van der Waals surface area contributed by atoms with Crippen LogP contribution in [0, 0.1) is 20.2 Å². The minimum atomic E-state index is -1.99. The van der Waals surface area contributed by atoms with Crippen LogP contribution in [-0.2, 0) is 19.2 Å². The van der Waals surface area contributed by atoms with Crippen LogP contribution < -0.4 is 11.1 Å². The molecule has 4 N–H and O–H groups in total. The van der Waals surface area contributed by atoms with E-state index in [2.05, 4.69) is 29.9 Å². The Morgan fingerprint density at radius 1 is 1.30 bits per heavy atom. The average Bonchev–Trinajstić information content (AvgIpc) is 3.29. The molecule has 0 aromatic carbocycles. The third-order valence-electron chi connectivity index (χ3n) is 4.74. The fraction of sp³-hybridized carbons (Fsp3) is 0.600. The third kappa shape index (κ3) is 5.13. The Kier molecular flexibility index (Phi) is 6.99. The summed E-state index contributed by atoms with van der Waals surface area (Å²) in [7, 11) is 3.53. The first-order chi connectivity index (χ1) is 15.6. The lowest BCUT2D eigenvalue weighted by atomic mass is 10.0. The van der Waals surface area contributed by atoms with E-state index in [0.29, 0.717) is 6.54 Å². The molecule has 0 radical (unpaired) electrons. The van der Waals surface area contributed by atoms with Crippen molar-refractivity contribution < 1.29 is 34.5 Å². The highest BCUT2D eigenvalue weighted by molar-refractivity contribution is 5.82. The first-order valence-corrected chi connectivity index (χ1v) is 9.41. The van der Waals surface area contributed by atoms with Crippen LogP contribution in [0.4, 0.5) is 5.82 Å². The number of aromatic nitrogens is 4. The number of ether oxygens (including phenoxy) is 1. The highest BCUT2D eigenvalue weighted by atomic mass is 17.0. The fourth-order valence-electron chi connectivity index (χ4n) is 3.29. The predicted molar refractivity (Wildman–Crippen MR) is 105 cm³/mol. The number of carbonyl (C=O) groups excluding carboxylic acids is 1. The normalized spacial score (nSPS) is 23.4. The topological polar surface area (TPSA) is 236 Å². The van der Waals surface area contributed by atoms with Crippen molar-refractivity contribution in [3.8, 4) is 0 Å². The Hall–Kier alpha value is -3.90.